The van der Waals surface area contributed by atoms with E-state index in [1.165, 1.54) is 6.07 Å². The van der Waals surface area contributed by atoms with Gasteiger partial charge in [-0.25, -0.2) is 4.39 Å². The van der Waals surface area contributed by atoms with Crippen molar-refractivity contribution in [3.8, 4) is 11.4 Å². The van der Waals surface area contributed by atoms with Crippen LogP contribution >= 0.6 is 11.6 Å². The number of nitrogens with zero attached hydrogens (tertiary/aromatic N) is 2. The first-order valence-corrected chi connectivity index (χ1v) is 9.29. The fourth-order valence-corrected chi connectivity index (χ4v) is 2.68. The van der Waals surface area contributed by atoms with E-state index < -0.39 is 12.1 Å². The number of carbonyl (C=O) groups is 2. The summed E-state index contributed by atoms with van der Waals surface area (Å²) in [6.45, 7) is 3.23. The van der Waals surface area contributed by atoms with Crippen molar-refractivity contribution in [3.63, 3.8) is 0 Å². The van der Waals surface area contributed by atoms with Gasteiger partial charge in [0.25, 0.3) is 5.89 Å². The molecule has 3 aromatic rings. The van der Waals surface area contributed by atoms with E-state index in [0.717, 1.165) is 0 Å². The third kappa shape index (κ3) is 5.26. The summed E-state index contributed by atoms with van der Waals surface area (Å²) in [5, 5.41) is 4.33. The van der Waals surface area contributed by atoms with Crippen LogP contribution in [-0.2, 0) is 9.53 Å². The molecule has 0 fully saturated rings. The molecule has 1 aromatic heterocycles. The number of benzene rings is 2. The smallest absolute Gasteiger partial charge is 0.307 e. The van der Waals surface area contributed by atoms with Gasteiger partial charge in [-0.05, 0) is 49.7 Å². The predicted molar refractivity (Wildman–Crippen MR) is 104 cm³/mol. The molecule has 2 aromatic carbocycles. The Hall–Kier alpha value is -3.06. The van der Waals surface area contributed by atoms with Gasteiger partial charge in [0.1, 0.15) is 5.82 Å². The summed E-state index contributed by atoms with van der Waals surface area (Å²) >= 11 is 5.79. The summed E-state index contributed by atoms with van der Waals surface area (Å²) in [5.41, 5.74) is 1.44. The van der Waals surface area contributed by atoms with Crippen LogP contribution in [-0.4, -0.2) is 21.9 Å². The topological polar surface area (TPSA) is 82.3 Å². The van der Waals surface area contributed by atoms with Crippen molar-refractivity contribution >= 4 is 23.4 Å². The fraction of sp³-hybridized carbons (Fsp3) is 0.238. The van der Waals surface area contributed by atoms with E-state index in [-0.39, 0.29) is 36.2 Å². The Morgan fingerprint density at radius 1 is 1.17 bits per heavy atom. The van der Waals surface area contributed by atoms with E-state index in [4.69, 9.17) is 20.9 Å². The number of aryl methyl sites for hydroxylation is 1. The molecule has 1 unspecified atom stereocenters. The summed E-state index contributed by atoms with van der Waals surface area (Å²) in [6.07, 6.45) is -0.884. The van der Waals surface area contributed by atoms with Crippen LogP contribution in [0, 0.1) is 12.7 Å². The summed E-state index contributed by atoms with van der Waals surface area (Å²) in [7, 11) is 0. The quantitative estimate of drug-likeness (QED) is 0.393. The number of esters is 1. The molecule has 0 amide bonds. The first-order valence-electron chi connectivity index (χ1n) is 8.92. The Kier molecular flexibility index (Phi) is 6.39. The minimum absolute atomic E-state index is 0.00487. The highest BCUT2D eigenvalue weighted by molar-refractivity contribution is 6.30. The first-order chi connectivity index (χ1) is 13.8. The van der Waals surface area contributed by atoms with Crippen LogP contribution in [0.5, 0.6) is 0 Å². The lowest BCUT2D eigenvalue weighted by molar-refractivity contribution is -0.149. The van der Waals surface area contributed by atoms with Crippen molar-refractivity contribution in [2.24, 2.45) is 0 Å². The molecule has 0 bridgehead atoms. The van der Waals surface area contributed by atoms with E-state index in [1.54, 1.807) is 50.2 Å². The minimum atomic E-state index is -0.801. The molecule has 0 aliphatic heterocycles. The molecule has 0 saturated heterocycles. The molecule has 1 atom stereocenters. The lowest BCUT2D eigenvalue weighted by atomic mass is 10.1. The number of hydrogen-bond donors (Lipinski definition) is 0. The number of ketones is 1. The molecule has 0 radical (unpaired) electrons. The van der Waals surface area contributed by atoms with Gasteiger partial charge in [-0.15, -0.1) is 0 Å². The van der Waals surface area contributed by atoms with E-state index >= 15 is 0 Å². The number of hydrogen-bond acceptors (Lipinski definition) is 6. The maximum Gasteiger partial charge on any atom is 0.307 e. The molecule has 0 N–H and O–H groups in total. The fourth-order valence-electron chi connectivity index (χ4n) is 2.55. The van der Waals surface area contributed by atoms with E-state index in [2.05, 4.69) is 10.1 Å². The van der Waals surface area contributed by atoms with Gasteiger partial charge >= 0.3 is 5.97 Å². The zero-order valence-electron chi connectivity index (χ0n) is 15.8. The van der Waals surface area contributed by atoms with Crippen LogP contribution < -0.4 is 0 Å². The molecule has 6 nitrogen and oxygen atoms in total. The molecular formula is C21H18ClFN2O4. The van der Waals surface area contributed by atoms with Gasteiger partial charge in [0.15, 0.2) is 11.9 Å². The number of halogens is 2. The predicted octanol–water partition coefficient (Wildman–Crippen LogP) is 5.10. The normalized spacial score (nSPS) is 11.9. The monoisotopic (exact) mass is 416 g/mol. The van der Waals surface area contributed by atoms with Crippen molar-refractivity contribution in [2.75, 3.05) is 0 Å². The molecule has 29 heavy (non-hydrogen) atoms. The van der Waals surface area contributed by atoms with Crippen LogP contribution in [0.2, 0.25) is 5.02 Å². The van der Waals surface area contributed by atoms with Crippen molar-refractivity contribution in [2.45, 2.75) is 32.8 Å². The second-order valence-electron chi connectivity index (χ2n) is 6.48. The van der Waals surface area contributed by atoms with Gasteiger partial charge in [0.2, 0.25) is 5.82 Å². The van der Waals surface area contributed by atoms with Gasteiger partial charge < -0.3 is 9.26 Å². The highest BCUT2D eigenvalue weighted by Crippen LogP contribution is 2.23. The van der Waals surface area contributed by atoms with E-state index in [0.29, 0.717) is 21.7 Å². The Morgan fingerprint density at radius 2 is 1.90 bits per heavy atom. The van der Waals surface area contributed by atoms with Crippen LogP contribution in [0.1, 0.15) is 47.7 Å². The van der Waals surface area contributed by atoms with Gasteiger partial charge in [0.05, 0.1) is 6.42 Å². The zero-order chi connectivity index (χ0) is 21.0. The molecule has 0 saturated carbocycles. The van der Waals surface area contributed by atoms with Crippen LogP contribution in [0.3, 0.4) is 0 Å². The molecule has 150 valence electrons. The Morgan fingerprint density at radius 3 is 2.59 bits per heavy atom. The molecule has 0 aliphatic rings. The van der Waals surface area contributed by atoms with Crippen molar-refractivity contribution < 1.29 is 23.2 Å². The van der Waals surface area contributed by atoms with Gasteiger partial charge in [-0.2, -0.15) is 4.98 Å². The van der Waals surface area contributed by atoms with Crippen LogP contribution in [0.25, 0.3) is 11.4 Å². The molecular weight excluding hydrogens is 399 g/mol. The first kappa shape index (κ1) is 20.7. The second kappa shape index (κ2) is 8.96. The number of Topliss-reactive ketones (excluding diaryl/α,β-unsaturated/α-hetero) is 1. The standard InChI is InChI=1S/C21H18ClFN2O4/c1-12-3-4-15(11-17(12)23)20-24-21(29-25-20)13(2)28-19(27)10-9-18(26)14-5-7-16(22)8-6-14/h3-8,11,13H,9-10H2,1-2H3. The lowest BCUT2D eigenvalue weighted by Gasteiger charge is -2.08. The highest BCUT2D eigenvalue weighted by atomic mass is 35.5. The summed E-state index contributed by atoms with van der Waals surface area (Å²) < 4.78 is 24.1. The lowest BCUT2D eigenvalue weighted by Crippen LogP contribution is -2.11. The maximum absolute atomic E-state index is 13.7. The maximum atomic E-state index is 13.7. The third-order valence-corrected chi connectivity index (χ3v) is 4.50. The zero-order valence-corrected chi connectivity index (χ0v) is 16.6. The number of rotatable bonds is 7. The van der Waals surface area contributed by atoms with Crippen molar-refractivity contribution in [1.29, 1.82) is 0 Å². The third-order valence-electron chi connectivity index (χ3n) is 4.25. The molecule has 1 heterocycles. The molecule has 3 rings (SSSR count). The Bertz CT molecular complexity index is 1030. The number of ether oxygens (including phenoxy) is 1. The Labute approximate surface area is 171 Å². The molecule has 0 spiro atoms. The van der Waals surface area contributed by atoms with Gasteiger partial charge in [0, 0.05) is 22.6 Å². The average molecular weight is 417 g/mol. The summed E-state index contributed by atoms with van der Waals surface area (Å²) in [5.74, 6) is -0.856. The number of aromatic nitrogens is 2. The largest absolute Gasteiger partial charge is 0.453 e. The van der Waals surface area contributed by atoms with E-state index in [1.807, 2.05) is 0 Å². The van der Waals surface area contributed by atoms with Crippen molar-refractivity contribution in [1.82, 2.24) is 10.1 Å². The van der Waals surface area contributed by atoms with Gasteiger partial charge in [-0.1, -0.05) is 28.9 Å². The number of carbonyl (C=O) groups excluding carboxylic acids is 2. The summed E-state index contributed by atoms with van der Waals surface area (Å²) in [6, 6.07) is 11.0. The average Bonchev–Trinajstić information content (AvgIpc) is 3.19. The molecule has 0 aliphatic carbocycles. The minimum Gasteiger partial charge on any atom is -0.453 e. The van der Waals surface area contributed by atoms with E-state index in [9.17, 15) is 14.0 Å². The molecule has 8 heteroatoms. The van der Waals surface area contributed by atoms with Crippen molar-refractivity contribution in [3.05, 3.63) is 70.3 Å². The van der Waals surface area contributed by atoms with Gasteiger partial charge in [-0.3, -0.25) is 9.59 Å². The Balaban J connectivity index is 1.55. The van der Waals surface area contributed by atoms with Crippen LogP contribution in [0.4, 0.5) is 4.39 Å². The highest BCUT2D eigenvalue weighted by Gasteiger charge is 2.20. The van der Waals surface area contributed by atoms with Crippen LogP contribution in [0.15, 0.2) is 47.0 Å². The SMILES string of the molecule is Cc1ccc(-c2noc(C(C)OC(=O)CCC(=O)c3ccc(Cl)cc3)n2)cc1F. The summed E-state index contributed by atoms with van der Waals surface area (Å²) in [4.78, 5) is 28.3. The second-order valence-corrected chi connectivity index (χ2v) is 6.92.